The Kier molecular flexibility index (Phi) is 5.32. The van der Waals surface area contributed by atoms with Gasteiger partial charge < -0.3 is 4.74 Å². The molecule has 5 heteroatoms. The number of nitrogens with zero attached hydrogens (tertiary/aromatic N) is 2. The molecule has 1 aromatic rings. The summed E-state index contributed by atoms with van der Waals surface area (Å²) in [7, 11) is 0. The van der Waals surface area contributed by atoms with E-state index >= 15 is 0 Å². The maximum absolute atomic E-state index is 13.0. The number of rotatable bonds is 6. The molecule has 0 bridgehead atoms. The molecule has 0 spiro atoms. The van der Waals surface area contributed by atoms with Crippen LogP contribution in [-0.4, -0.2) is 16.6 Å². The number of hydrogen-bond donors (Lipinski definition) is 0. The third kappa shape index (κ3) is 4.42. The van der Waals surface area contributed by atoms with Crippen molar-refractivity contribution in [3.63, 3.8) is 0 Å². The van der Waals surface area contributed by atoms with E-state index in [0.29, 0.717) is 6.61 Å². The fraction of sp³-hybridized carbons (Fsp3) is 0.600. The van der Waals surface area contributed by atoms with Crippen molar-refractivity contribution in [3.8, 4) is 5.88 Å². The minimum Gasteiger partial charge on any atom is -0.475 e. The second kappa shape index (κ2) is 6.56. The summed E-state index contributed by atoms with van der Waals surface area (Å²) in [6.07, 6.45) is 5.31. The van der Waals surface area contributed by atoms with Gasteiger partial charge in [0.1, 0.15) is 0 Å². The molecule has 0 atom stereocenters. The number of unbranched alkanes of at least 4 members (excludes halogenated alkanes) is 3. The fourth-order valence-corrected chi connectivity index (χ4v) is 1.26. The van der Waals surface area contributed by atoms with Crippen LogP contribution >= 0.6 is 11.6 Å². The van der Waals surface area contributed by atoms with Crippen LogP contribution in [0.1, 0.15) is 32.6 Å². The Morgan fingerprint density at radius 2 is 2.20 bits per heavy atom. The summed E-state index contributed by atoms with van der Waals surface area (Å²) < 4.78 is 18.2. The molecule has 0 radical (unpaired) electrons. The first-order valence-corrected chi connectivity index (χ1v) is 5.42. The molecule has 0 aliphatic carbocycles. The Bertz CT molecular complexity index is 309. The van der Waals surface area contributed by atoms with Gasteiger partial charge in [0.25, 0.3) is 5.88 Å². The molecule has 0 aliphatic rings. The average molecular weight is 233 g/mol. The smallest absolute Gasteiger partial charge is 0.254 e. The molecule has 0 unspecified atom stereocenters. The zero-order chi connectivity index (χ0) is 11.1. The van der Waals surface area contributed by atoms with Gasteiger partial charge in [-0.1, -0.05) is 26.2 Å². The molecule has 1 aromatic heterocycles. The predicted octanol–water partition coefficient (Wildman–Crippen LogP) is 3.23. The highest BCUT2D eigenvalue weighted by Crippen LogP contribution is 2.14. The second-order valence-electron chi connectivity index (χ2n) is 3.20. The second-order valence-corrected chi connectivity index (χ2v) is 3.54. The minimum absolute atomic E-state index is 0.0000387. The lowest BCUT2D eigenvalue weighted by atomic mass is 10.2. The van der Waals surface area contributed by atoms with Gasteiger partial charge in [0.2, 0.25) is 11.1 Å². The molecule has 0 amide bonds. The monoisotopic (exact) mass is 232 g/mol. The van der Waals surface area contributed by atoms with E-state index in [1.807, 2.05) is 0 Å². The molecule has 0 saturated carbocycles. The maximum atomic E-state index is 13.0. The van der Waals surface area contributed by atoms with Gasteiger partial charge in [-0.25, -0.2) is 4.98 Å². The standard InChI is InChI=1S/C10H14ClFN2O/c1-2-3-4-5-6-15-9-8(12)7-13-10(11)14-9/h7H,2-6H2,1H3. The van der Waals surface area contributed by atoms with Crippen LogP contribution < -0.4 is 4.74 Å². The van der Waals surface area contributed by atoms with E-state index in [9.17, 15) is 4.39 Å². The van der Waals surface area contributed by atoms with Crippen molar-refractivity contribution in [1.82, 2.24) is 9.97 Å². The first-order chi connectivity index (χ1) is 7.24. The van der Waals surface area contributed by atoms with E-state index in [2.05, 4.69) is 16.9 Å². The summed E-state index contributed by atoms with van der Waals surface area (Å²) in [4.78, 5) is 7.14. The molecule has 1 rings (SSSR count). The molecule has 0 N–H and O–H groups in total. The van der Waals surface area contributed by atoms with Gasteiger partial charge in [-0.2, -0.15) is 9.37 Å². The van der Waals surface area contributed by atoms with Crippen LogP contribution in [0.2, 0.25) is 5.28 Å². The Labute approximate surface area is 93.6 Å². The van der Waals surface area contributed by atoms with Crippen molar-refractivity contribution in [2.45, 2.75) is 32.6 Å². The van der Waals surface area contributed by atoms with E-state index in [1.54, 1.807) is 0 Å². The molecule has 84 valence electrons. The highest BCUT2D eigenvalue weighted by atomic mass is 35.5. The summed E-state index contributed by atoms with van der Waals surface area (Å²) >= 11 is 5.51. The van der Waals surface area contributed by atoms with Crippen LogP contribution in [0, 0.1) is 5.82 Å². The van der Waals surface area contributed by atoms with Gasteiger partial charge in [-0.05, 0) is 18.0 Å². The molecule has 0 aliphatic heterocycles. The van der Waals surface area contributed by atoms with Crippen LogP contribution in [0.4, 0.5) is 4.39 Å². The molecular formula is C10H14ClFN2O. The molecule has 0 aromatic carbocycles. The van der Waals surface area contributed by atoms with E-state index in [4.69, 9.17) is 16.3 Å². The first kappa shape index (κ1) is 12.2. The third-order valence-electron chi connectivity index (χ3n) is 1.92. The Hall–Kier alpha value is -0.900. The number of hydrogen-bond acceptors (Lipinski definition) is 3. The van der Waals surface area contributed by atoms with Crippen LogP contribution in [0.15, 0.2) is 6.20 Å². The topological polar surface area (TPSA) is 35.0 Å². The van der Waals surface area contributed by atoms with Crippen LogP contribution in [0.25, 0.3) is 0 Å². The highest BCUT2D eigenvalue weighted by molar-refractivity contribution is 6.28. The fourth-order valence-electron chi connectivity index (χ4n) is 1.13. The van der Waals surface area contributed by atoms with Gasteiger partial charge >= 0.3 is 0 Å². The quantitative estimate of drug-likeness (QED) is 0.558. The number of ether oxygens (including phenoxy) is 1. The summed E-state index contributed by atoms with van der Waals surface area (Å²) in [5, 5.41) is -0.0000387. The van der Waals surface area contributed by atoms with Crippen molar-refractivity contribution in [2.24, 2.45) is 0 Å². The van der Waals surface area contributed by atoms with E-state index < -0.39 is 5.82 Å². The van der Waals surface area contributed by atoms with Crippen molar-refractivity contribution in [1.29, 1.82) is 0 Å². The molecular weight excluding hydrogens is 219 g/mol. The van der Waals surface area contributed by atoms with Gasteiger partial charge in [-0.3, -0.25) is 0 Å². The molecule has 1 heterocycles. The number of aromatic nitrogens is 2. The van der Waals surface area contributed by atoms with Crippen LogP contribution in [0.3, 0.4) is 0 Å². The van der Waals surface area contributed by atoms with Crippen molar-refractivity contribution in [2.75, 3.05) is 6.61 Å². The molecule has 0 fully saturated rings. The van der Waals surface area contributed by atoms with Crippen LogP contribution in [0.5, 0.6) is 5.88 Å². The summed E-state index contributed by atoms with van der Waals surface area (Å²) in [5.41, 5.74) is 0. The summed E-state index contributed by atoms with van der Waals surface area (Å²) in [5.74, 6) is -0.638. The lowest BCUT2D eigenvalue weighted by Gasteiger charge is -2.05. The van der Waals surface area contributed by atoms with Gasteiger partial charge in [0.15, 0.2) is 0 Å². The van der Waals surface area contributed by atoms with E-state index in [-0.39, 0.29) is 11.2 Å². The van der Waals surface area contributed by atoms with Gasteiger partial charge in [0, 0.05) is 0 Å². The lowest BCUT2D eigenvalue weighted by Crippen LogP contribution is -2.02. The molecule has 3 nitrogen and oxygen atoms in total. The Morgan fingerprint density at radius 3 is 2.93 bits per heavy atom. The predicted molar refractivity (Wildman–Crippen MR) is 56.6 cm³/mol. The first-order valence-electron chi connectivity index (χ1n) is 5.05. The number of halogens is 2. The van der Waals surface area contributed by atoms with E-state index in [0.717, 1.165) is 31.9 Å². The van der Waals surface area contributed by atoms with Gasteiger partial charge in [-0.15, -0.1) is 0 Å². The SMILES string of the molecule is CCCCCCOc1nc(Cl)ncc1F. The van der Waals surface area contributed by atoms with Crippen molar-refractivity contribution >= 4 is 11.6 Å². The zero-order valence-electron chi connectivity index (χ0n) is 8.67. The van der Waals surface area contributed by atoms with Crippen molar-refractivity contribution in [3.05, 3.63) is 17.3 Å². The van der Waals surface area contributed by atoms with E-state index in [1.165, 1.54) is 0 Å². The minimum atomic E-state index is -0.574. The van der Waals surface area contributed by atoms with Gasteiger partial charge in [0.05, 0.1) is 12.8 Å². The normalized spacial score (nSPS) is 10.3. The van der Waals surface area contributed by atoms with Crippen molar-refractivity contribution < 1.29 is 9.13 Å². The largest absolute Gasteiger partial charge is 0.475 e. The van der Waals surface area contributed by atoms with Crippen LogP contribution in [-0.2, 0) is 0 Å². The molecule has 15 heavy (non-hydrogen) atoms. The molecule has 0 saturated heterocycles. The third-order valence-corrected chi connectivity index (χ3v) is 2.10. The zero-order valence-corrected chi connectivity index (χ0v) is 9.43. The Balaban J connectivity index is 2.33. The summed E-state index contributed by atoms with van der Waals surface area (Å²) in [6.45, 7) is 2.59. The maximum Gasteiger partial charge on any atom is 0.254 e. The lowest BCUT2D eigenvalue weighted by molar-refractivity contribution is 0.277. The average Bonchev–Trinajstić information content (AvgIpc) is 2.23. The summed E-state index contributed by atoms with van der Waals surface area (Å²) in [6, 6.07) is 0. The highest BCUT2D eigenvalue weighted by Gasteiger charge is 2.06. The Morgan fingerprint density at radius 1 is 1.40 bits per heavy atom.